The van der Waals surface area contributed by atoms with Gasteiger partial charge in [0.15, 0.2) is 5.96 Å². The van der Waals surface area contributed by atoms with Crippen LogP contribution in [0.25, 0.3) is 0 Å². The second kappa shape index (κ2) is 10.8. The summed E-state index contributed by atoms with van der Waals surface area (Å²) in [6, 6.07) is 0.609. The van der Waals surface area contributed by atoms with Crippen LogP contribution >= 0.6 is 24.0 Å². The topological polar surface area (TPSA) is 56.7 Å². The molecule has 0 aromatic carbocycles. The molecule has 22 heavy (non-hydrogen) atoms. The van der Waals surface area contributed by atoms with Gasteiger partial charge in [0, 0.05) is 47.5 Å². The lowest BCUT2D eigenvalue weighted by Crippen LogP contribution is -2.46. The van der Waals surface area contributed by atoms with Gasteiger partial charge in [-0.2, -0.15) is 0 Å². The monoisotopic (exact) mass is 444 g/mol. The van der Waals surface area contributed by atoms with Crippen LogP contribution in [-0.2, 0) is 10.8 Å². The maximum atomic E-state index is 12.0. The van der Waals surface area contributed by atoms with Gasteiger partial charge in [-0.15, -0.1) is 24.0 Å². The van der Waals surface area contributed by atoms with Crippen molar-refractivity contribution in [3.63, 3.8) is 0 Å². The maximum absolute atomic E-state index is 12.0. The number of nitrogens with one attached hydrogen (secondary N) is 2. The molecule has 0 bridgehead atoms. The first-order valence-electron chi connectivity index (χ1n) is 7.95. The van der Waals surface area contributed by atoms with Crippen molar-refractivity contribution >= 4 is 40.7 Å². The summed E-state index contributed by atoms with van der Waals surface area (Å²) in [5.41, 5.74) is 0. The average Bonchev–Trinajstić information content (AvgIpc) is 2.88. The number of likely N-dealkylation sites (tertiary alicyclic amines) is 1. The van der Waals surface area contributed by atoms with Crippen LogP contribution in [-0.4, -0.2) is 64.8 Å². The Bertz CT molecular complexity index is 371. The number of halogens is 1. The number of hydrogen-bond acceptors (Lipinski definition) is 3. The van der Waals surface area contributed by atoms with Crippen LogP contribution in [0.3, 0.4) is 0 Å². The minimum Gasteiger partial charge on any atom is -0.355 e. The van der Waals surface area contributed by atoms with Gasteiger partial charge in [0.2, 0.25) is 0 Å². The van der Waals surface area contributed by atoms with E-state index < -0.39 is 10.8 Å². The van der Waals surface area contributed by atoms with Crippen molar-refractivity contribution in [3.8, 4) is 0 Å². The van der Waals surface area contributed by atoms with Gasteiger partial charge in [0.05, 0.1) is 0 Å². The van der Waals surface area contributed by atoms with Crippen molar-refractivity contribution in [3.05, 3.63) is 0 Å². The van der Waals surface area contributed by atoms with Crippen molar-refractivity contribution in [2.45, 2.75) is 51.3 Å². The van der Waals surface area contributed by atoms with Crippen LogP contribution in [0.1, 0.15) is 40.5 Å². The van der Waals surface area contributed by atoms with Crippen molar-refractivity contribution in [1.82, 2.24) is 15.5 Å². The van der Waals surface area contributed by atoms with Gasteiger partial charge in [0.25, 0.3) is 0 Å². The largest absolute Gasteiger partial charge is 0.355 e. The Kier molecular flexibility index (Phi) is 10.9. The van der Waals surface area contributed by atoms with Gasteiger partial charge in [-0.3, -0.25) is 14.1 Å². The summed E-state index contributed by atoms with van der Waals surface area (Å²) >= 11 is 0. The maximum Gasteiger partial charge on any atom is 0.191 e. The highest BCUT2D eigenvalue weighted by Gasteiger charge is 2.23. The van der Waals surface area contributed by atoms with Gasteiger partial charge in [0.1, 0.15) is 0 Å². The molecule has 0 radical (unpaired) electrons. The molecule has 1 fully saturated rings. The second-order valence-electron chi connectivity index (χ2n) is 6.47. The van der Waals surface area contributed by atoms with Gasteiger partial charge in [-0.1, -0.05) is 6.92 Å². The zero-order valence-corrected chi connectivity index (χ0v) is 17.8. The first kappa shape index (κ1) is 22.1. The Balaban J connectivity index is 0.00000441. The molecule has 0 aromatic rings. The minimum atomic E-state index is -0.822. The predicted molar refractivity (Wildman–Crippen MR) is 108 cm³/mol. The van der Waals surface area contributed by atoms with Crippen molar-refractivity contribution in [2.24, 2.45) is 4.99 Å². The summed E-state index contributed by atoms with van der Waals surface area (Å²) in [4.78, 5) is 6.74. The highest BCUT2D eigenvalue weighted by molar-refractivity contribution is 14.0. The zero-order chi connectivity index (χ0) is 15.9. The average molecular weight is 444 g/mol. The zero-order valence-electron chi connectivity index (χ0n) is 14.6. The standard InChI is InChI=1S/C15H32N4OS.HI/c1-6-19-10-7-8-13(19)12-18-14(16-5)17-9-11-21(20)15(2,3)4;/h13H,6-12H2,1-5H3,(H2,16,17,18);1H. The van der Waals surface area contributed by atoms with E-state index in [2.05, 4.69) is 27.4 Å². The fourth-order valence-electron chi connectivity index (χ4n) is 2.55. The van der Waals surface area contributed by atoms with E-state index in [-0.39, 0.29) is 28.7 Å². The smallest absolute Gasteiger partial charge is 0.191 e. The Hall–Kier alpha value is 0.110. The fraction of sp³-hybridized carbons (Fsp3) is 0.933. The molecule has 2 atom stereocenters. The minimum absolute atomic E-state index is 0. The van der Waals surface area contributed by atoms with E-state index >= 15 is 0 Å². The van der Waals surface area contributed by atoms with Gasteiger partial charge in [-0.25, -0.2) is 0 Å². The van der Waals surface area contributed by atoms with E-state index in [1.807, 2.05) is 20.8 Å². The Morgan fingerprint density at radius 1 is 1.36 bits per heavy atom. The molecule has 7 heteroatoms. The summed E-state index contributed by atoms with van der Waals surface area (Å²) in [5, 5.41) is 6.64. The lowest BCUT2D eigenvalue weighted by Gasteiger charge is -2.24. The van der Waals surface area contributed by atoms with Crippen molar-refractivity contribution in [1.29, 1.82) is 0 Å². The molecule has 0 aliphatic carbocycles. The number of rotatable bonds is 6. The van der Waals surface area contributed by atoms with Crippen LogP contribution in [0.4, 0.5) is 0 Å². The Morgan fingerprint density at radius 3 is 2.59 bits per heavy atom. The molecule has 2 unspecified atom stereocenters. The van der Waals surface area contributed by atoms with Crippen LogP contribution < -0.4 is 10.6 Å². The van der Waals surface area contributed by atoms with E-state index in [9.17, 15) is 4.21 Å². The number of likely N-dealkylation sites (N-methyl/N-ethyl adjacent to an activating group) is 1. The quantitative estimate of drug-likeness (QED) is 0.373. The molecule has 1 aliphatic heterocycles. The van der Waals surface area contributed by atoms with Crippen LogP contribution in [0, 0.1) is 0 Å². The predicted octanol–water partition coefficient (Wildman–Crippen LogP) is 1.80. The summed E-state index contributed by atoms with van der Waals surface area (Å²) < 4.78 is 11.8. The van der Waals surface area contributed by atoms with Gasteiger partial charge < -0.3 is 10.6 Å². The summed E-state index contributed by atoms with van der Waals surface area (Å²) in [6.07, 6.45) is 2.54. The Morgan fingerprint density at radius 2 is 2.05 bits per heavy atom. The molecule has 1 aliphatic rings. The number of aliphatic imine (C=N–C) groups is 1. The lowest BCUT2D eigenvalue weighted by molar-refractivity contribution is 0.267. The van der Waals surface area contributed by atoms with Gasteiger partial charge >= 0.3 is 0 Å². The molecule has 0 amide bonds. The van der Waals surface area contributed by atoms with E-state index in [1.165, 1.54) is 19.4 Å². The van der Waals surface area contributed by atoms with E-state index in [0.717, 1.165) is 19.0 Å². The molecule has 2 N–H and O–H groups in total. The van der Waals surface area contributed by atoms with Crippen LogP contribution in [0.15, 0.2) is 4.99 Å². The first-order valence-corrected chi connectivity index (χ1v) is 9.27. The summed E-state index contributed by atoms with van der Waals surface area (Å²) in [5.74, 6) is 1.46. The van der Waals surface area contributed by atoms with E-state index in [4.69, 9.17) is 0 Å². The van der Waals surface area contributed by atoms with Crippen LogP contribution in [0.5, 0.6) is 0 Å². The highest BCUT2D eigenvalue weighted by atomic mass is 127. The second-order valence-corrected chi connectivity index (χ2v) is 8.79. The first-order chi connectivity index (χ1) is 9.88. The molecule has 5 nitrogen and oxygen atoms in total. The molecular weight excluding hydrogens is 411 g/mol. The molecule has 132 valence electrons. The molecular formula is C15H33IN4OS. The Labute approximate surface area is 155 Å². The molecule has 1 saturated heterocycles. The third kappa shape index (κ3) is 7.59. The molecule has 1 heterocycles. The molecule has 0 spiro atoms. The van der Waals surface area contributed by atoms with E-state index in [1.54, 1.807) is 7.05 Å². The third-order valence-electron chi connectivity index (χ3n) is 3.90. The van der Waals surface area contributed by atoms with Gasteiger partial charge in [-0.05, 0) is 46.7 Å². The number of nitrogens with zero attached hydrogens (tertiary/aromatic N) is 2. The summed E-state index contributed by atoms with van der Waals surface area (Å²) in [7, 11) is 0.958. The molecule has 0 saturated carbocycles. The highest BCUT2D eigenvalue weighted by Crippen LogP contribution is 2.15. The molecule has 1 rings (SSSR count). The van der Waals surface area contributed by atoms with Crippen LogP contribution in [0.2, 0.25) is 0 Å². The van der Waals surface area contributed by atoms with Crippen molar-refractivity contribution < 1.29 is 4.21 Å². The number of guanidine groups is 1. The third-order valence-corrected chi connectivity index (χ3v) is 5.84. The van der Waals surface area contributed by atoms with Crippen molar-refractivity contribution in [2.75, 3.05) is 39.0 Å². The van der Waals surface area contributed by atoms with E-state index in [0.29, 0.717) is 18.3 Å². The normalized spacial score (nSPS) is 21.3. The number of hydrogen-bond donors (Lipinski definition) is 2. The molecule has 0 aromatic heterocycles. The SMILES string of the molecule is CCN1CCCC1CNC(=NC)NCCS(=O)C(C)(C)C.I. The fourth-order valence-corrected chi connectivity index (χ4v) is 3.45. The lowest BCUT2D eigenvalue weighted by atomic mass is 10.2. The summed E-state index contributed by atoms with van der Waals surface area (Å²) in [6.45, 7) is 12.2.